The summed E-state index contributed by atoms with van der Waals surface area (Å²) in [6.45, 7) is 0. The van der Waals surface area contributed by atoms with E-state index in [2.05, 4.69) is 10.3 Å². The Morgan fingerprint density at radius 3 is 2.89 bits per heavy atom. The molecule has 91 valence electrons. The fourth-order valence-electron chi connectivity index (χ4n) is 1.67. The largest absolute Gasteiger partial charge is 0.610 e. The summed E-state index contributed by atoms with van der Waals surface area (Å²) in [5.41, 5.74) is 1.35. The molecule has 5 nitrogen and oxygen atoms in total. The van der Waals surface area contributed by atoms with Crippen LogP contribution < -0.4 is 10.2 Å². The third-order valence-electron chi connectivity index (χ3n) is 2.49. The van der Waals surface area contributed by atoms with Crippen LogP contribution in [0.15, 0.2) is 34.7 Å². The molecular weight excluding hydrogens is 270 g/mol. The molecule has 0 spiro atoms. The summed E-state index contributed by atoms with van der Waals surface area (Å²) < 4.78 is 11.3. The van der Waals surface area contributed by atoms with Crippen molar-refractivity contribution in [1.82, 2.24) is 10.3 Å². The Labute approximate surface area is 111 Å². The standard InChI is InChI=1S/C11H8N3O2S2/c1-18(16)9-6-17-11(13-9)14-8-5-3-2-4-7(8)12-10(14)15/h2-6H,1H3. The second-order valence-electron chi connectivity index (χ2n) is 3.64. The molecule has 0 saturated heterocycles. The molecule has 2 amide bonds. The predicted molar refractivity (Wildman–Crippen MR) is 70.2 cm³/mol. The number of nitrogens with zero attached hydrogens (tertiary/aromatic N) is 3. The van der Waals surface area contributed by atoms with Gasteiger partial charge in [-0.15, -0.1) is 0 Å². The van der Waals surface area contributed by atoms with Crippen LogP contribution in [-0.2, 0) is 11.2 Å². The zero-order valence-electron chi connectivity index (χ0n) is 9.36. The van der Waals surface area contributed by atoms with E-state index in [-0.39, 0.29) is 6.03 Å². The van der Waals surface area contributed by atoms with Gasteiger partial charge in [0.2, 0.25) is 5.13 Å². The number of carbonyl (C=O) groups is 1. The minimum absolute atomic E-state index is 0.362. The molecule has 1 aliphatic rings. The van der Waals surface area contributed by atoms with Crippen LogP contribution in [0.2, 0.25) is 0 Å². The first-order valence-corrected chi connectivity index (χ1v) is 7.54. The molecule has 0 saturated carbocycles. The molecule has 0 bridgehead atoms. The molecule has 1 aliphatic heterocycles. The highest BCUT2D eigenvalue weighted by Crippen LogP contribution is 2.39. The molecule has 1 aromatic carbocycles. The summed E-state index contributed by atoms with van der Waals surface area (Å²) in [5.74, 6) is 0. The van der Waals surface area contributed by atoms with E-state index in [0.717, 1.165) is 0 Å². The summed E-state index contributed by atoms with van der Waals surface area (Å²) in [6, 6.07) is 6.90. The number of para-hydroxylation sites is 2. The smallest absolute Gasteiger partial charge is 0.355 e. The zero-order chi connectivity index (χ0) is 12.7. The number of rotatable bonds is 2. The summed E-state index contributed by atoms with van der Waals surface area (Å²) in [7, 11) is 0. The third-order valence-corrected chi connectivity index (χ3v) is 4.26. The van der Waals surface area contributed by atoms with Gasteiger partial charge in [-0.3, -0.25) is 0 Å². The van der Waals surface area contributed by atoms with Gasteiger partial charge in [-0.1, -0.05) is 23.5 Å². The van der Waals surface area contributed by atoms with Gasteiger partial charge in [0.05, 0.1) is 16.8 Å². The number of hydrogen-bond donors (Lipinski definition) is 0. The van der Waals surface area contributed by atoms with Gasteiger partial charge in [0.1, 0.15) is 6.26 Å². The van der Waals surface area contributed by atoms with Gasteiger partial charge in [0.25, 0.3) is 5.03 Å². The van der Waals surface area contributed by atoms with Crippen LogP contribution in [0.5, 0.6) is 0 Å². The molecule has 1 aromatic heterocycles. The average molecular weight is 278 g/mol. The predicted octanol–water partition coefficient (Wildman–Crippen LogP) is 2.39. The number of thiazole rings is 1. The van der Waals surface area contributed by atoms with Crippen molar-refractivity contribution in [2.24, 2.45) is 0 Å². The Morgan fingerprint density at radius 1 is 1.39 bits per heavy atom. The molecule has 1 atom stereocenters. The van der Waals surface area contributed by atoms with E-state index in [1.807, 2.05) is 18.2 Å². The van der Waals surface area contributed by atoms with E-state index in [1.54, 1.807) is 17.7 Å². The molecular formula is C11H8N3O2S2. The quantitative estimate of drug-likeness (QED) is 0.792. The van der Waals surface area contributed by atoms with Crippen LogP contribution in [0.3, 0.4) is 0 Å². The Kier molecular flexibility index (Phi) is 2.73. The van der Waals surface area contributed by atoms with E-state index in [9.17, 15) is 9.35 Å². The fraction of sp³-hybridized carbons (Fsp3) is 0.0909. The van der Waals surface area contributed by atoms with Crippen molar-refractivity contribution in [3.05, 3.63) is 29.6 Å². The van der Waals surface area contributed by atoms with Gasteiger partial charge in [-0.05, 0) is 12.1 Å². The molecule has 0 N–H and O–H groups in total. The monoisotopic (exact) mass is 278 g/mol. The van der Waals surface area contributed by atoms with E-state index in [0.29, 0.717) is 21.5 Å². The Bertz CT molecular complexity index is 612. The topological polar surface area (TPSA) is 70.4 Å². The number of carbonyl (C=O) groups excluding carboxylic acids is 1. The lowest BCUT2D eigenvalue weighted by molar-refractivity contribution is 0.253. The highest BCUT2D eigenvalue weighted by Gasteiger charge is 2.32. The second-order valence-corrected chi connectivity index (χ2v) is 5.80. The highest BCUT2D eigenvalue weighted by molar-refractivity contribution is 7.90. The van der Waals surface area contributed by atoms with Crippen LogP contribution in [0.25, 0.3) is 0 Å². The van der Waals surface area contributed by atoms with Crippen LogP contribution in [-0.4, -0.2) is 21.8 Å². The summed E-state index contributed by atoms with van der Waals surface area (Å²) in [4.78, 5) is 17.5. The summed E-state index contributed by atoms with van der Waals surface area (Å²) in [6.07, 6.45) is 1.56. The first-order valence-electron chi connectivity index (χ1n) is 5.10. The molecule has 0 aliphatic carbocycles. The molecule has 1 radical (unpaired) electrons. The van der Waals surface area contributed by atoms with Crippen molar-refractivity contribution in [1.29, 1.82) is 0 Å². The molecule has 3 rings (SSSR count). The van der Waals surface area contributed by atoms with E-state index >= 15 is 0 Å². The van der Waals surface area contributed by atoms with Gasteiger partial charge in [-0.2, -0.15) is 10.3 Å². The van der Waals surface area contributed by atoms with E-state index in [4.69, 9.17) is 0 Å². The maximum atomic E-state index is 11.9. The average Bonchev–Trinajstić information content (AvgIpc) is 2.91. The summed E-state index contributed by atoms with van der Waals surface area (Å²) >= 11 is 0.137. The Balaban J connectivity index is 2.03. The first kappa shape index (κ1) is 11.5. The number of benzene rings is 1. The van der Waals surface area contributed by atoms with E-state index in [1.165, 1.54) is 16.2 Å². The second kappa shape index (κ2) is 4.27. The number of anilines is 2. The van der Waals surface area contributed by atoms with Gasteiger partial charge in [0.15, 0.2) is 0 Å². The third kappa shape index (κ3) is 1.76. The molecule has 2 aromatic rings. The van der Waals surface area contributed by atoms with Gasteiger partial charge < -0.3 is 4.55 Å². The van der Waals surface area contributed by atoms with Crippen molar-refractivity contribution in [2.45, 2.75) is 5.03 Å². The molecule has 18 heavy (non-hydrogen) atoms. The van der Waals surface area contributed by atoms with Gasteiger partial charge in [-0.25, -0.2) is 9.69 Å². The van der Waals surface area contributed by atoms with Crippen LogP contribution in [0.1, 0.15) is 0 Å². The summed E-state index contributed by atoms with van der Waals surface area (Å²) in [5, 5.41) is 6.61. The molecule has 2 heterocycles. The van der Waals surface area contributed by atoms with Crippen molar-refractivity contribution in [3.8, 4) is 0 Å². The van der Waals surface area contributed by atoms with Crippen molar-refractivity contribution in [3.63, 3.8) is 0 Å². The highest BCUT2D eigenvalue weighted by atomic mass is 32.2. The van der Waals surface area contributed by atoms with Crippen LogP contribution >= 0.6 is 11.3 Å². The number of aromatic nitrogens is 1. The SMILES string of the molecule is C[S+]([O-])c1csc(N2C(=O)[N]c3ccccc32)n1. The Morgan fingerprint density at radius 2 is 2.17 bits per heavy atom. The first-order chi connectivity index (χ1) is 8.66. The fourth-order valence-corrected chi connectivity index (χ4v) is 3.32. The van der Waals surface area contributed by atoms with Gasteiger partial charge in [0, 0.05) is 11.2 Å². The number of fused-ring (bicyclic) bond motifs is 1. The Hall–Kier alpha value is -1.57. The number of amides is 2. The minimum atomic E-state index is -1.15. The van der Waals surface area contributed by atoms with Crippen molar-refractivity contribution < 1.29 is 9.35 Å². The van der Waals surface area contributed by atoms with Crippen molar-refractivity contribution in [2.75, 3.05) is 11.2 Å². The molecule has 0 fully saturated rings. The lowest BCUT2D eigenvalue weighted by Gasteiger charge is -2.10. The lowest BCUT2D eigenvalue weighted by Crippen LogP contribution is -2.22. The normalized spacial score (nSPS) is 15.4. The minimum Gasteiger partial charge on any atom is -0.610 e. The maximum Gasteiger partial charge on any atom is 0.355 e. The van der Waals surface area contributed by atoms with Crippen LogP contribution in [0.4, 0.5) is 21.3 Å². The van der Waals surface area contributed by atoms with E-state index < -0.39 is 11.2 Å². The molecule has 1 unspecified atom stereocenters. The molecule has 7 heteroatoms. The van der Waals surface area contributed by atoms with Crippen LogP contribution in [0, 0.1) is 0 Å². The van der Waals surface area contributed by atoms with Gasteiger partial charge >= 0.3 is 6.03 Å². The maximum absolute atomic E-state index is 11.9. The number of hydrogen-bond acceptors (Lipinski definition) is 4. The number of urea groups is 1. The van der Waals surface area contributed by atoms with Crippen molar-refractivity contribution >= 4 is 45.1 Å². The zero-order valence-corrected chi connectivity index (χ0v) is 11.0. The lowest BCUT2D eigenvalue weighted by atomic mass is 10.3.